The van der Waals surface area contributed by atoms with Gasteiger partial charge in [0.2, 0.25) is 5.91 Å². The van der Waals surface area contributed by atoms with Crippen molar-refractivity contribution >= 4 is 28.8 Å². The molecule has 226 valence electrons. The molecule has 0 aliphatic carbocycles. The van der Waals surface area contributed by atoms with Gasteiger partial charge in [-0.25, -0.2) is 9.97 Å². The molecular weight excluding hydrogens is 579 g/mol. The third kappa shape index (κ3) is 4.84. The predicted molar refractivity (Wildman–Crippen MR) is 159 cm³/mol. The van der Waals surface area contributed by atoms with Gasteiger partial charge in [0, 0.05) is 30.5 Å². The van der Waals surface area contributed by atoms with Gasteiger partial charge in [0.1, 0.15) is 33.6 Å². The first-order valence-corrected chi connectivity index (χ1v) is 14.7. The van der Waals surface area contributed by atoms with Crippen molar-refractivity contribution in [1.82, 2.24) is 19.3 Å². The fraction of sp³-hybridized carbons (Fsp3) is 0.406. The normalized spacial score (nSPS) is 20.8. The topological polar surface area (TPSA) is 96.8 Å². The van der Waals surface area contributed by atoms with Crippen LogP contribution < -0.4 is 5.73 Å². The van der Waals surface area contributed by atoms with Crippen molar-refractivity contribution in [2.75, 3.05) is 12.3 Å². The van der Waals surface area contributed by atoms with Gasteiger partial charge in [-0.3, -0.25) is 9.20 Å². The Morgan fingerprint density at radius 3 is 2.40 bits per heavy atom. The molecule has 2 fully saturated rings. The summed E-state index contributed by atoms with van der Waals surface area (Å²) in [6.45, 7) is 4.37. The molecule has 2 aliphatic rings. The summed E-state index contributed by atoms with van der Waals surface area (Å²) in [5.41, 5.74) is 5.44. The van der Waals surface area contributed by atoms with E-state index in [1.165, 1.54) is 24.4 Å². The standard InChI is InChI=1S/C32H33ClF3N5O2/c1-30(2,32(34,35)36)21-5-4-6-22(15-21)31(3,43)20-10-7-18(8-11-20)26-27-28(37)38-16-24(33)41(27)29(39-26)19-9-12-23-13-14-25(42)40(23)17-19/h4-8,10-11,15-16,19,23,43H,9,12-14,17H2,1-3H3,(H2,37,38)/t19-,23+,31+/m1/s1. The molecule has 1 amide bonds. The van der Waals surface area contributed by atoms with Crippen LogP contribution in [0.1, 0.15) is 74.9 Å². The molecule has 6 rings (SSSR count). The zero-order valence-corrected chi connectivity index (χ0v) is 24.9. The molecule has 4 aromatic rings. The highest BCUT2D eigenvalue weighted by atomic mass is 35.5. The number of nitrogen functional groups attached to an aromatic ring is 1. The van der Waals surface area contributed by atoms with Gasteiger partial charge in [-0.1, -0.05) is 60.1 Å². The van der Waals surface area contributed by atoms with Crippen molar-refractivity contribution in [2.24, 2.45) is 0 Å². The third-order valence-corrected chi connectivity index (χ3v) is 9.60. The van der Waals surface area contributed by atoms with Crippen LogP contribution in [0, 0.1) is 0 Å². The van der Waals surface area contributed by atoms with Crippen molar-refractivity contribution in [2.45, 2.75) is 75.6 Å². The summed E-state index contributed by atoms with van der Waals surface area (Å²) in [6, 6.07) is 13.3. The Kier molecular flexibility index (Phi) is 7.01. The van der Waals surface area contributed by atoms with Crippen molar-refractivity contribution in [3.63, 3.8) is 0 Å². The number of anilines is 1. The number of halogens is 4. The quantitative estimate of drug-likeness (QED) is 0.265. The van der Waals surface area contributed by atoms with E-state index in [1.54, 1.807) is 37.3 Å². The molecule has 2 aromatic heterocycles. The highest BCUT2D eigenvalue weighted by molar-refractivity contribution is 6.30. The van der Waals surface area contributed by atoms with E-state index in [0.29, 0.717) is 51.8 Å². The highest BCUT2D eigenvalue weighted by Gasteiger charge is 2.48. The van der Waals surface area contributed by atoms with Gasteiger partial charge >= 0.3 is 6.18 Å². The Hall–Kier alpha value is -3.63. The monoisotopic (exact) mass is 611 g/mol. The van der Waals surface area contributed by atoms with E-state index >= 15 is 0 Å². The van der Waals surface area contributed by atoms with E-state index in [-0.39, 0.29) is 29.2 Å². The smallest absolute Gasteiger partial charge is 0.382 e. The number of piperidine rings is 1. The molecular formula is C32H33ClF3N5O2. The average Bonchev–Trinajstić information content (AvgIpc) is 3.56. The number of aliphatic hydroxyl groups is 1. The highest BCUT2D eigenvalue weighted by Crippen LogP contribution is 2.43. The Balaban J connectivity index is 1.37. The number of hydrogen-bond acceptors (Lipinski definition) is 5. The van der Waals surface area contributed by atoms with Gasteiger partial charge < -0.3 is 15.7 Å². The SMILES string of the molecule is CC(C)(c1cccc([C@@](C)(O)c2ccc(-c3nc([C@@H]4CC[C@H]5CCC(=O)N5C4)n4c(Cl)cnc(N)c34)cc2)c1)C(F)(F)F. The number of amides is 1. The van der Waals surface area contributed by atoms with Gasteiger partial charge in [-0.2, -0.15) is 13.2 Å². The number of alkyl halides is 3. The Labute approximate surface area is 252 Å². The summed E-state index contributed by atoms with van der Waals surface area (Å²) in [4.78, 5) is 23.7. The molecule has 2 aliphatic heterocycles. The van der Waals surface area contributed by atoms with Crippen LogP contribution in [-0.4, -0.2) is 49.0 Å². The molecule has 0 saturated carbocycles. The van der Waals surface area contributed by atoms with Gasteiger partial charge in [0.15, 0.2) is 0 Å². The zero-order valence-electron chi connectivity index (χ0n) is 24.1. The van der Waals surface area contributed by atoms with Gasteiger partial charge in [-0.05, 0) is 56.7 Å². The zero-order chi connectivity index (χ0) is 30.9. The molecule has 0 radical (unpaired) electrons. The molecule has 3 atom stereocenters. The number of carbonyl (C=O) groups excluding carboxylic acids is 1. The minimum Gasteiger partial charge on any atom is -0.382 e. The number of carbonyl (C=O) groups is 1. The van der Waals surface area contributed by atoms with Crippen LogP contribution in [0.5, 0.6) is 0 Å². The van der Waals surface area contributed by atoms with E-state index in [0.717, 1.165) is 33.1 Å². The second-order valence-corrected chi connectivity index (χ2v) is 12.7. The molecule has 11 heteroatoms. The number of nitrogens with two attached hydrogens (primary N) is 1. The van der Waals surface area contributed by atoms with Crippen LogP contribution in [0.3, 0.4) is 0 Å². The number of aromatic nitrogens is 3. The van der Waals surface area contributed by atoms with E-state index < -0.39 is 17.2 Å². The first-order valence-electron chi connectivity index (χ1n) is 14.3. The largest absolute Gasteiger partial charge is 0.397 e. The molecule has 2 aromatic carbocycles. The minimum atomic E-state index is -4.45. The molecule has 0 spiro atoms. The number of nitrogens with zero attached hydrogens (tertiary/aromatic N) is 4. The van der Waals surface area contributed by atoms with E-state index in [4.69, 9.17) is 22.3 Å². The van der Waals surface area contributed by atoms with Gasteiger partial charge in [0.05, 0.1) is 11.6 Å². The lowest BCUT2D eigenvalue weighted by Gasteiger charge is -2.34. The number of hydrogen-bond donors (Lipinski definition) is 2. The molecule has 43 heavy (non-hydrogen) atoms. The van der Waals surface area contributed by atoms with Crippen LogP contribution in [-0.2, 0) is 15.8 Å². The van der Waals surface area contributed by atoms with Gasteiger partial charge in [-0.15, -0.1) is 0 Å². The third-order valence-electron chi connectivity index (χ3n) is 9.33. The molecule has 0 unspecified atom stereocenters. The van der Waals surface area contributed by atoms with Crippen LogP contribution in [0.4, 0.5) is 19.0 Å². The molecule has 7 nitrogen and oxygen atoms in total. The van der Waals surface area contributed by atoms with Crippen LogP contribution in [0.2, 0.25) is 5.15 Å². The predicted octanol–water partition coefficient (Wildman–Crippen LogP) is 6.60. The minimum absolute atomic E-state index is 0.0351. The van der Waals surface area contributed by atoms with Crippen LogP contribution >= 0.6 is 11.6 Å². The van der Waals surface area contributed by atoms with Crippen molar-refractivity contribution in [3.05, 3.63) is 82.4 Å². The summed E-state index contributed by atoms with van der Waals surface area (Å²) in [7, 11) is 0. The first kappa shape index (κ1) is 29.4. The Morgan fingerprint density at radius 2 is 1.70 bits per heavy atom. The van der Waals surface area contributed by atoms with Crippen LogP contribution in [0.15, 0.2) is 54.7 Å². The second-order valence-electron chi connectivity index (χ2n) is 12.3. The summed E-state index contributed by atoms with van der Waals surface area (Å²) in [6.07, 6.45) is 0.246. The maximum Gasteiger partial charge on any atom is 0.397 e. The number of rotatable bonds is 5. The van der Waals surface area contributed by atoms with E-state index in [1.807, 2.05) is 9.30 Å². The second kappa shape index (κ2) is 10.2. The molecule has 2 saturated heterocycles. The van der Waals surface area contributed by atoms with E-state index in [2.05, 4.69) is 4.98 Å². The maximum atomic E-state index is 13.7. The lowest BCUT2D eigenvalue weighted by Crippen LogP contribution is -2.41. The molecule has 0 bridgehead atoms. The lowest BCUT2D eigenvalue weighted by molar-refractivity contribution is -0.180. The van der Waals surface area contributed by atoms with Crippen LogP contribution in [0.25, 0.3) is 16.8 Å². The first-order chi connectivity index (χ1) is 20.2. The summed E-state index contributed by atoms with van der Waals surface area (Å²) < 4.78 is 43.0. The lowest BCUT2D eigenvalue weighted by atomic mass is 9.80. The summed E-state index contributed by atoms with van der Waals surface area (Å²) in [5, 5.41) is 11.9. The average molecular weight is 612 g/mol. The maximum absolute atomic E-state index is 13.7. The van der Waals surface area contributed by atoms with Crippen molar-refractivity contribution in [1.29, 1.82) is 0 Å². The fourth-order valence-corrected chi connectivity index (χ4v) is 6.60. The molecule has 3 N–H and O–H groups in total. The van der Waals surface area contributed by atoms with Gasteiger partial charge in [0.25, 0.3) is 0 Å². The van der Waals surface area contributed by atoms with E-state index in [9.17, 15) is 23.1 Å². The van der Waals surface area contributed by atoms with Crippen molar-refractivity contribution in [3.8, 4) is 11.3 Å². The number of fused-ring (bicyclic) bond motifs is 2. The fourth-order valence-electron chi connectivity index (χ4n) is 6.38. The summed E-state index contributed by atoms with van der Waals surface area (Å²) in [5.74, 6) is 1.09. The Bertz CT molecular complexity index is 1710. The summed E-state index contributed by atoms with van der Waals surface area (Å²) >= 11 is 6.64. The number of imidazole rings is 1. The Morgan fingerprint density at radius 1 is 1.00 bits per heavy atom. The molecule has 4 heterocycles. The number of benzene rings is 2. The van der Waals surface area contributed by atoms with Crippen molar-refractivity contribution < 1.29 is 23.1 Å².